The highest BCUT2D eigenvalue weighted by atomic mass is 16.5. The minimum atomic E-state index is -0.378. The summed E-state index contributed by atoms with van der Waals surface area (Å²) in [6.07, 6.45) is 6.20. The molecule has 0 heterocycles. The van der Waals surface area contributed by atoms with Gasteiger partial charge in [-0.3, -0.25) is 0 Å². The van der Waals surface area contributed by atoms with Gasteiger partial charge in [0.1, 0.15) is 12.4 Å². The van der Waals surface area contributed by atoms with E-state index in [1.807, 2.05) is 24.3 Å². The smallest absolute Gasteiger partial charge is 0.119 e. The van der Waals surface area contributed by atoms with E-state index in [2.05, 4.69) is 5.16 Å². The zero-order valence-electron chi connectivity index (χ0n) is 12.7. The van der Waals surface area contributed by atoms with Gasteiger partial charge in [0.05, 0.1) is 11.8 Å². The lowest BCUT2D eigenvalue weighted by Gasteiger charge is -2.16. The van der Waals surface area contributed by atoms with Crippen molar-refractivity contribution < 1.29 is 15.1 Å². The van der Waals surface area contributed by atoms with Crippen LogP contribution in [-0.4, -0.2) is 28.7 Å². The van der Waals surface area contributed by atoms with Crippen LogP contribution in [0.25, 0.3) is 0 Å². The van der Waals surface area contributed by atoms with Crippen LogP contribution < -0.4 is 4.74 Å². The van der Waals surface area contributed by atoms with E-state index in [0.29, 0.717) is 24.7 Å². The Morgan fingerprint density at radius 2 is 1.95 bits per heavy atom. The highest BCUT2D eigenvalue weighted by molar-refractivity contribution is 5.83. The van der Waals surface area contributed by atoms with Gasteiger partial charge in [-0.15, -0.1) is 0 Å². The van der Waals surface area contributed by atoms with Crippen molar-refractivity contribution >= 4 is 5.71 Å². The van der Waals surface area contributed by atoms with E-state index < -0.39 is 0 Å². The first-order valence-corrected chi connectivity index (χ1v) is 7.74. The van der Waals surface area contributed by atoms with Gasteiger partial charge >= 0.3 is 0 Å². The highest BCUT2D eigenvalue weighted by Gasteiger charge is 2.19. The number of rotatable bonds is 7. The van der Waals surface area contributed by atoms with E-state index in [1.165, 1.54) is 25.7 Å². The molecule has 0 bridgehead atoms. The summed E-state index contributed by atoms with van der Waals surface area (Å²) >= 11 is 0. The molecule has 1 aromatic carbocycles. The number of benzene rings is 1. The van der Waals surface area contributed by atoms with Crippen LogP contribution in [-0.2, 0) is 6.42 Å². The second-order valence-corrected chi connectivity index (χ2v) is 6.01. The number of ether oxygens (including phenoxy) is 1. The van der Waals surface area contributed by atoms with Crippen LogP contribution in [0.1, 0.15) is 44.6 Å². The first-order valence-electron chi connectivity index (χ1n) is 7.74. The zero-order valence-corrected chi connectivity index (χ0v) is 12.7. The first kappa shape index (κ1) is 15.8. The number of nitrogens with zero attached hydrogens (tertiary/aromatic N) is 1. The van der Waals surface area contributed by atoms with Crippen LogP contribution in [0.3, 0.4) is 0 Å². The molecule has 0 radical (unpaired) electrons. The lowest BCUT2D eigenvalue weighted by molar-refractivity contribution is 0.0855. The molecule has 2 rings (SSSR count). The SMILES string of the molecule is C/C(Cc1ccc(OCC(O)CC2CCCC2)cc1)=N/O. The second kappa shape index (κ2) is 8.03. The maximum atomic E-state index is 10.0. The number of hydrogen-bond acceptors (Lipinski definition) is 4. The van der Waals surface area contributed by atoms with Crippen molar-refractivity contribution in [3.8, 4) is 5.75 Å². The molecule has 0 aromatic heterocycles. The molecular weight excluding hydrogens is 266 g/mol. The third-order valence-electron chi connectivity index (χ3n) is 4.08. The molecule has 1 aromatic rings. The molecule has 1 aliphatic carbocycles. The van der Waals surface area contributed by atoms with Crippen LogP contribution in [0.15, 0.2) is 29.4 Å². The molecule has 4 nitrogen and oxygen atoms in total. The van der Waals surface area contributed by atoms with Gasteiger partial charge < -0.3 is 15.1 Å². The van der Waals surface area contributed by atoms with E-state index in [-0.39, 0.29) is 6.10 Å². The molecule has 1 atom stereocenters. The molecule has 21 heavy (non-hydrogen) atoms. The number of oxime groups is 1. The summed E-state index contributed by atoms with van der Waals surface area (Å²) < 4.78 is 5.63. The molecule has 4 heteroatoms. The van der Waals surface area contributed by atoms with E-state index in [4.69, 9.17) is 9.94 Å². The highest BCUT2D eigenvalue weighted by Crippen LogP contribution is 2.28. The van der Waals surface area contributed by atoms with Crippen molar-refractivity contribution in [2.24, 2.45) is 11.1 Å². The summed E-state index contributed by atoms with van der Waals surface area (Å²) in [5.41, 5.74) is 1.75. The third kappa shape index (κ3) is 5.38. The van der Waals surface area contributed by atoms with Gasteiger partial charge in [0.15, 0.2) is 0 Å². The van der Waals surface area contributed by atoms with Crippen LogP contribution in [0, 0.1) is 5.92 Å². The van der Waals surface area contributed by atoms with E-state index in [9.17, 15) is 5.11 Å². The summed E-state index contributed by atoms with van der Waals surface area (Å²) in [4.78, 5) is 0. The zero-order chi connectivity index (χ0) is 15.1. The molecule has 116 valence electrons. The van der Waals surface area contributed by atoms with Crippen molar-refractivity contribution in [2.75, 3.05) is 6.61 Å². The van der Waals surface area contributed by atoms with Crippen LogP contribution in [0.5, 0.6) is 5.75 Å². The van der Waals surface area contributed by atoms with Crippen LogP contribution in [0.2, 0.25) is 0 Å². The van der Waals surface area contributed by atoms with Gasteiger partial charge in [0.25, 0.3) is 0 Å². The predicted octanol–water partition coefficient (Wildman–Crippen LogP) is 3.40. The fraction of sp³-hybridized carbons (Fsp3) is 0.588. The molecule has 1 unspecified atom stereocenters. The summed E-state index contributed by atoms with van der Waals surface area (Å²) in [5.74, 6) is 1.44. The topological polar surface area (TPSA) is 62.0 Å². The fourth-order valence-electron chi connectivity index (χ4n) is 2.93. The number of aliphatic hydroxyl groups excluding tert-OH is 1. The van der Waals surface area contributed by atoms with Gasteiger partial charge in [-0.25, -0.2) is 0 Å². The number of hydrogen-bond donors (Lipinski definition) is 2. The summed E-state index contributed by atoms with van der Waals surface area (Å²) in [6.45, 7) is 2.14. The molecule has 0 amide bonds. The normalized spacial score (nSPS) is 17.9. The van der Waals surface area contributed by atoms with Crippen molar-refractivity contribution in [3.63, 3.8) is 0 Å². The quantitative estimate of drug-likeness (QED) is 0.460. The molecular formula is C17H25NO3. The third-order valence-corrected chi connectivity index (χ3v) is 4.08. The van der Waals surface area contributed by atoms with Crippen molar-refractivity contribution in [2.45, 2.75) is 51.6 Å². The Hall–Kier alpha value is -1.55. The van der Waals surface area contributed by atoms with Gasteiger partial charge in [0, 0.05) is 6.42 Å². The molecule has 1 saturated carbocycles. The molecule has 0 spiro atoms. The summed E-state index contributed by atoms with van der Waals surface area (Å²) in [7, 11) is 0. The summed E-state index contributed by atoms with van der Waals surface area (Å²) in [6, 6.07) is 7.69. The molecule has 1 fully saturated rings. The standard InChI is InChI=1S/C17H25NO3/c1-13(18-20)10-15-6-8-17(9-7-15)21-12-16(19)11-14-4-2-3-5-14/h6-9,14,16,19-20H,2-5,10-12H2,1H3/b18-13-. The second-order valence-electron chi connectivity index (χ2n) is 6.01. The maximum Gasteiger partial charge on any atom is 0.119 e. The Morgan fingerprint density at radius 3 is 2.57 bits per heavy atom. The summed E-state index contributed by atoms with van der Waals surface area (Å²) in [5, 5.41) is 21.8. The van der Waals surface area contributed by atoms with Gasteiger partial charge in [-0.1, -0.05) is 43.0 Å². The predicted molar refractivity (Wildman–Crippen MR) is 83.1 cm³/mol. The van der Waals surface area contributed by atoms with Crippen molar-refractivity contribution in [1.29, 1.82) is 0 Å². The molecule has 0 saturated heterocycles. The minimum Gasteiger partial charge on any atom is -0.491 e. The Morgan fingerprint density at radius 1 is 1.29 bits per heavy atom. The van der Waals surface area contributed by atoms with Crippen LogP contribution >= 0.6 is 0 Å². The number of aliphatic hydroxyl groups is 1. The average Bonchev–Trinajstić information content (AvgIpc) is 2.99. The van der Waals surface area contributed by atoms with Crippen molar-refractivity contribution in [1.82, 2.24) is 0 Å². The Bertz CT molecular complexity index is 450. The lowest BCUT2D eigenvalue weighted by Crippen LogP contribution is -2.20. The molecule has 0 aliphatic heterocycles. The molecule has 1 aliphatic rings. The van der Waals surface area contributed by atoms with E-state index in [1.54, 1.807) is 6.92 Å². The van der Waals surface area contributed by atoms with Crippen LogP contribution in [0.4, 0.5) is 0 Å². The van der Waals surface area contributed by atoms with E-state index in [0.717, 1.165) is 17.7 Å². The Balaban J connectivity index is 1.74. The van der Waals surface area contributed by atoms with Crippen molar-refractivity contribution in [3.05, 3.63) is 29.8 Å². The van der Waals surface area contributed by atoms with Gasteiger partial charge in [-0.2, -0.15) is 0 Å². The lowest BCUT2D eigenvalue weighted by atomic mass is 10.0. The fourth-order valence-corrected chi connectivity index (χ4v) is 2.93. The minimum absolute atomic E-state index is 0.354. The monoisotopic (exact) mass is 291 g/mol. The molecule has 2 N–H and O–H groups in total. The Kier molecular flexibility index (Phi) is 6.05. The van der Waals surface area contributed by atoms with E-state index >= 15 is 0 Å². The first-order chi connectivity index (χ1) is 10.2. The van der Waals surface area contributed by atoms with Gasteiger partial charge in [-0.05, 0) is 37.0 Å². The largest absolute Gasteiger partial charge is 0.491 e. The van der Waals surface area contributed by atoms with Gasteiger partial charge in [0.2, 0.25) is 0 Å². The maximum absolute atomic E-state index is 10.0. The Labute approximate surface area is 126 Å². The average molecular weight is 291 g/mol.